The molecule has 4 nitrogen and oxygen atoms in total. The Morgan fingerprint density at radius 3 is 2.14 bits per heavy atom. The van der Waals surface area contributed by atoms with Crippen molar-refractivity contribution in [3.05, 3.63) is 83.0 Å². The summed E-state index contributed by atoms with van der Waals surface area (Å²) in [6.45, 7) is 1.49. The van der Waals surface area contributed by atoms with Gasteiger partial charge in [-0.05, 0) is 36.3 Å². The Balaban J connectivity index is 1.56. The summed E-state index contributed by atoms with van der Waals surface area (Å²) in [7, 11) is 0. The molecule has 1 aromatic heterocycles. The fourth-order valence-electron chi connectivity index (χ4n) is 3.60. The van der Waals surface area contributed by atoms with Crippen molar-refractivity contribution in [2.45, 2.75) is 32.4 Å². The average molecular weight is 437 g/mol. The second-order valence-electron chi connectivity index (χ2n) is 7.26. The average Bonchev–Trinajstić information content (AvgIpc) is 2.77. The van der Waals surface area contributed by atoms with Crippen LogP contribution in [0.2, 0.25) is 0 Å². The molecule has 28 heavy (non-hydrogen) atoms. The Labute approximate surface area is 175 Å². The molecule has 1 aliphatic rings. The van der Waals surface area contributed by atoms with E-state index in [0.717, 1.165) is 37.1 Å². The molecular weight excluding hydrogens is 412 g/mol. The molecule has 2 N–H and O–H groups in total. The molecule has 1 heterocycles. The topological polar surface area (TPSA) is 49.8 Å². The summed E-state index contributed by atoms with van der Waals surface area (Å²) in [5, 5.41) is 8.00. The molecule has 5 heteroatoms. The third kappa shape index (κ3) is 4.71. The van der Waals surface area contributed by atoms with Crippen molar-refractivity contribution in [1.82, 2.24) is 9.97 Å². The lowest BCUT2D eigenvalue weighted by Crippen LogP contribution is -2.21. The Kier molecular flexibility index (Phi) is 6.22. The van der Waals surface area contributed by atoms with Gasteiger partial charge in [-0.25, -0.2) is 4.98 Å². The summed E-state index contributed by atoms with van der Waals surface area (Å²) < 4.78 is 0. The number of anilines is 2. The number of aromatic nitrogens is 2. The molecule has 0 bridgehead atoms. The summed E-state index contributed by atoms with van der Waals surface area (Å²) >= 11 is 3.65. The van der Waals surface area contributed by atoms with Crippen LogP contribution >= 0.6 is 15.9 Å². The van der Waals surface area contributed by atoms with Gasteiger partial charge in [0.15, 0.2) is 0 Å². The van der Waals surface area contributed by atoms with Crippen molar-refractivity contribution in [2.75, 3.05) is 16.0 Å². The van der Waals surface area contributed by atoms with Crippen LogP contribution in [-0.4, -0.2) is 15.3 Å². The van der Waals surface area contributed by atoms with Crippen molar-refractivity contribution < 1.29 is 0 Å². The number of alkyl halides is 1. The smallest absolute Gasteiger partial charge is 0.225 e. The van der Waals surface area contributed by atoms with Gasteiger partial charge in [0.1, 0.15) is 5.82 Å². The molecular formula is C23H25BrN4. The fourth-order valence-corrected chi connectivity index (χ4v) is 4.15. The maximum Gasteiger partial charge on any atom is 0.225 e. The minimum atomic E-state index is 0.650. The quantitative estimate of drug-likeness (QED) is 0.499. The first kappa shape index (κ1) is 18.9. The van der Waals surface area contributed by atoms with E-state index in [0.29, 0.717) is 11.9 Å². The molecule has 0 unspecified atom stereocenters. The Morgan fingerprint density at radius 2 is 1.50 bits per heavy atom. The first-order valence-electron chi connectivity index (χ1n) is 9.83. The van der Waals surface area contributed by atoms with E-state index in [2.05, 4.69) is 75.1 Å². The van der Waals surface area contributed by atoms with Crippen LogP contribution in [0, 0.1) is 5.92 Å². The zero-order valence-electron chi connectivity index (χ0n) is 15.9. The van der Waals surface area contributed by atoms with E-state index in [-0.39, 0.29) is 0 Å². The van der Waals surface area contributed by atoms with E-state index in [1.165, 1.54) is 28.8 Å². The number of hydrogen-bond donors (Lipinski definition) is 2. The number of fused-ring (bicyclic) bond motifs is 1. The summed E-state index contributed by atoms with van der Waals surface area (Å²) in [6.07, 6.45) is 3.20. The summed E-state index contributed by atoms with van der Waals surface area (Å²) in [4.78, 5) is 9.67. The molecule has 2 aromatic carbocycles. The maximum atomic E-state index is 4.84. The first-order valence-corrected chi connectivity index (χ1v) is 11.0. The van der Waals surface area contributed by atoms with E-state index in [4.69, 9.17) is 9.97 Å². The summed E-state index contributed by atoms with van der Waals surface area (Å²) in [5.74, 6) is 2.32. The van der Waals surface area contributed by atoms with Gasteiger partial charge >= 0.3 is 0 Å². The monoisotopic (exact) mass is 436 g/mol. The molecule has 144 valence electrons. The Morgan fingerprint density at radius 1 is 0.857 bits per heavy atom. The van der Waals surface area contributed by atoms with Gasteiger partial charge in [0.05, 0.1) is 5.69 Å². The lowest BCUT2D eigenvalue weighted by Gasteiger charge is -2.25. The van der Waals surface area contributed by atoms with Gasteiger partial charge in [0.25, 0.3) is 0 Å². The van der Waals surface area contributed by atoms with Gasteiger partial charge in [-0.2, -0.15) is 4.98 Å². The zero-order valence-corrected chi connectivity index (χ0v) is 17.5. The van der Waals surface area contributed by atoms with E-state index in [1.807, 2.05) is 12.1 Å². The van der Waals surface area contributed by atoms with Crippen molar-refractivity contribution >= 4 is 27.7 Å². The van der Waals surface area contributed by atoms with E-state index in [9.17, 15) is 0 Å². The highest BCUT2D eigenvalue weighted by molar-refractivity contribution is 9.09. The lowest BCUT2D eigenvalue weighted by atomic mass is 9.88. The number of nitrogens with one attached hydrogen (secondary N) is 2. The van der Waals surface area contributed by atoms with Crippen LogP contribution in [0.4, 0.5) is 11.8 Å². The highest BCUT2D eigenvalue weighted by atomic mass is 79.9. The molecule has 0 saturated heterocycles. The molecule has 1 aliphatic carbocycles. The van der Waals surface area contributed by atoms with Gasteiger partial charge in [-0.3, -0.25) is 0 Å². The van der Waals surface area contributed by atoms with Crippen molar-refractivity contribution in [3.63, 3.8) is 0 Å². The van der Waals surface area contributed by atoms with Gasteiger partial charge < -0.3 is 10.6 Å². The zero-order chi connectivity index (χ0) is 19.2. The normalized spacial score (nSPS) is 15.7. The summed E-state index contributed by atoms with van der Waals surface area (Å²) in [5.41, 5.74) is 4.93. The third-order valence-corrected chi connectivity index (χ3v) is 6.11. The van der Waals surface area contributed by atoms with E-state index < -0.39 is 0 Å². The molecule has 1 atom stereocenters. The van der Waals surface area contributed by atoms with Crippen molar-refractivity contribution in [3.8, 4) is 0 Å². The number of halogens is 1. The number of aryl methyl sites for hydroxylation is 1. The van der Waals surface area contributed by atoms with Gasteiger partial charge in [0, 0.05) is 24.0 Å². The van der Waals surface area contributed by atoms with Crippen LogP contribution in [0.3, 0.4) is 0 Å². The molecule has 0 spiro atoms. The largest absolute Gasteiger partial charge is 0.366 e. The standard InChI is InChI=1S/C23H25BrN4/c24-14-19-11-12-21-20(13-19)22(25-15-17-7-3-1-4-8-17)28-23(27-21)26-16-18-9-5-2-6-10-18/h1-10,19H,11-16H2,(H2,25,26,27,28)/t19-/m1/s1. The van der Waals surface area contributed by atoms with Crippen LogP contribution in [0.15, 0.2) is 60.7 Å². The molecule has 0 saturated carbocycles. The van der Waals surface area contributed by atoms with E-state index in [1.54, 1.807) is 0 Å². The number of benzene rings is 2. The van der Waals surface area contributed by atoms with Gasteiger partial charge in [0.2, 0.25) is 5.95 Å². The minimum absolute atomic E-state index is 0.650. The molecule has 4 rings (SSSR count). The lowest BCUT2D eigenvalue weighted by molar-refractivity contribution is 0.504. The molecule has 0 fully saturated rings. The second-order valence-corrected chi connectivity index (χ2v) is 7.91. The van der Waals surface area contributed by atoms with E-state index >= 15 is 0 Å². The molecule has 0 aliphatic heterocycles. The van der Waals surface area contributed by atoms with Crippen LogP contribution in [-0.2, 0) is 25.9 Å². The number of rotatable bonds is 7. The molecule has 3 aromatic rings. The minimum Gasteiger partial charge on any atom is -0.366 e. The molecule has 0 radical (unpaired) electrons. The van der Waals surface area contributed by atoms with Crippen LogP contribution in [0.1, 0.15) is 28.8 Å². The van der Waals surface area contributed by atoms with Crippen LogP contribution in [0.25, 0.3) is 0 Å². The number of hydrogen-bond acceptors (Lipinski definition) is 4. The highest BCUT2D eigenvalue weighted by Gasteiger charge is 2.23. The van der Waals surface area contributed by atoms with Crippen LogP contribution < -0.4 is 10.6 Å². The Hall–Kier alpha value is -2.40. The first-order chi connectivity index (χ1) is 13.8. The van der Waals surface area contributed by atoms with Crippen LogP contribution in [0.5, 0.6) is 0 Å². The third-order valence-electron chi connectivity index (χ3n) is 5.19. The van der Waals surface area contributed by atoms with Gasteiger partial charge in [-0.15, -0.1) is 0 Å². The van der Waals surface area contributed by atoms with Crippen molar-refractivity contribution in [1.29, 1.82) is 0 Å². The number of nitrogens with zero attached hydrogens (tertiary/aromatic N) is 2. The molecule has 0 amide bonds. The predicted molar refractivity (Wildman–Crippen MR) is 119 cm³/mol. The van der Waals surface area contributed by atoms with Gasteiger partial charge in [-0.1, -0.05) is 76.6 Å². The SMILES string of the molecule is BrC[C@@H]1CCc2nc(NCc3ccccc3)nc(NCc3ccccc3)c2C1. The summed E-state index contributed by atoms with van der Waals surface area (Å²) in [6, 6.07) is 20.8. The fraction of sp³-hybridized carbons (Fsp3) is 0.304. The second kappa shape index (κ2) is 9.20. The Bertz CT molecular complexity index is 899. The highest BCUT2D eigenvalue weighted by Crippen LogP contribution is 2.31. The predicted octanol–water partition coefficient (Wildman–Crippen LogP) is 5.20. The maximum absolute atomic E-state index is 4.84. The van der Waals surface area contributed by atoms with Crippen molar-refractivity contribution in [2.24, 2.45) is 5.92 Å².